The van der Waals surface area contributed by atoms with Crippen molar-refractivity contribution in [1.82, 2.24) is 5.32 Å². The van der Waals surface area contributed by atoms with Gasteiger partial charge in [-0.15, -0.1) is 0 Å². The van der Waals surface area contributed by atoms with Gasteiger partial charge in [0.1, 0.15) is 0 Å². The Kier molecular flexibility index (Phi) is 4.61. The van der Waals surface area contributed by atoms with Crippen molar-refractivity contribution in [2.24, 2.45) is 5.41 Å². The number of aryl methyl sites for hydroxylation is 1. The maximum Gasteiger partial charge on any atom is 0.000781 e. The molecule has 1 aromatic carbocycles. The predicted molar refractivity (Wildman–Crippen MR) is 74.2 cm³/mol. The Balaban J connectivity index is 1.65. The van der Waals surface area contributed by atoms with Crippen LogP contribution in [-0.2, 0) is 6.42 Å². The fourth-order valence-electron chi connectivity index (χ4n) is 2.53. The average molecular weight is 231 g/mol. The van der Waals surface area contributed by atoms with Gasteiger partial charge in [-0.1, -0.05) is 37.3 Å². The van der Waals surface area contributed by atoms with E-state index in [1.54, 1.807) is 0 Å². The Morgan fingerprint density at radius 1 is 1.18 bits per heavy atom. The molecule has 0 aliphatic heterocycles. The highest BCUT2D eigenvalue weighted by molar-refractivity contribution is 5.14. The third-order valence-corrected chi connectivity index (χ3v) is 3.90. The first-order chi connectivity index (χ1) is 8.35. The molecule has 0 radical (unpaired) electrons. The molecule has 0 spiro atoms. The largest absolute Gasteiger partial charge is 0.316 e. The maximum absolute atomic E-state index is 3.59. The van der Waals surface area contributed by atoms with E-state index in [1.807, 2.05) is 0 Å². The molecule has 0 aromatic heterocycles. The van der Waals surface area contributed by atoms with E-state index < -0.39 is 0 Å². The van der Waals surface area contributed by atoms with Gasteiger partial charge in [0.25, 0.3) is 0 Å². The van der Waals surface area contributed by atoms with Crippen molar-refractivity contribution < 1.29 is 0 Å². The molecular formula is C16H25N. The molecule has 1 N–H and O–H groups in total. The summed E-state index contributed by atoms with van der Waals surface area (Å²) in [6, 6.07) is 10.9. The summed E-state index contributed by atoms with van der Waals surface area (Å²) in [6.07, 6.45) is 8.13. The molecular weight excluding hydrogens is 206 g/mol. The molecule has 1 saturated carbocycles. The van der Waals surface area contributed by atoms with Crippen molar-refractivity contribution in [3.05, 3.63) is 35.9 Å². The Hall–Kier alpha value is -0.820. The zero-order valence-corrected chi connectivity index (χ0v) is 11.0. The maximum atomic E-state index is 3.59. The van der Waals surface area contributed by atoms with Crippen LogP contribution < -0.4 is 5.32 Å². The first-order valence-electron chi connectivity index (χ1n) is 7.09. The molecule has 1 aliphatic rings. The first-order valence-corrected chi connectivity index (χ1v) is 7.09. The number of benzene rings is 1. The summed E-state index contributed by atoms with van der Waals surface area (Å²) in [5, 5.41) is 3.59. The molecule has 0 saturated heterocycles. The SMILES string of the molecule is CCCNCC1(CCCc2ccccc2)CC1. The lowest BCUT2D eigenvalue weighted by molar-refractivity contribution is 0.414. The summed E-state index contributed by atoms with van der Waals surface area (Å²) in [7, 11) is 0. The van der Waals surface area contributed by atoms with Crippen molar-refractivity contribution in [3.8, 4) is 0 Å². The van der Waals surface area contributed by atoms with Crippen LogP contribution in [0.4, 0.5) is 0 Å². The van der Waals surface area contributed by atoms with E-state index in [9.17, 15) is 0 Å². The van der Waals surface area contributed by atoms with Crippen molar-refractivity contribution in [1.29, 1.82) is 0 Å². The zero-order valence-electron chi connectivity index (χ0n) is 11.0. The number of nitrogens with one attached hydrogen (secondary N) is 1. The number of hydrogen-bond acceptors (Lipinski definition) is 1. The standard InChI is InChI=1S/C16H25N/c1-2-13-17-14-16(11-12-16)10-6-9-15-7-4-3-5-8-15/h3-5,7-8,17H,2,6,9-14H2,1H3. The fraction of sp³-hybridized carbons (Fsp3) is 0.625. The minimum absolute atomic E-state index is 0.671. The van der Waals surface area contributed by atoms with Gasteiger partial charge >= 0.3 is 0 Å². The van der Waals surface area contributed by atoms with Gasteiger partial charge in [0.2, 0.25) is 0 Å². The van der Waals surface area contributed by atoms with E-state index in [1.165, 1.54) is 57.2 Å². The van der Waals surface area contributed by atoms with Gasteiger partial charge in [-0.2, -0.15) is 0 Å². The summed E-state index contributed by atoms with van der Waals surface area (Å²) in [5.74, 6) is 0. The molecule has 1 nitrogen and oxygen atoms in total. The number of hydrogen-bond donors (Lipinski definition) is 1. The van der Waals surface area contributed by atoms with E-state index in [0.717, 1.165) is 0 Å². The van der Waals surface area contributed by atoms with Crippen LogP contribution >= 0.6 is 0 Å². The highest BCUT2D eigenvalue weighted by atomic mass is 14.9. The van der Waals surface area contributed by atoms with Gasteiger partial charge in [0.05, 0.1) is 0 Å². The molecule has 0 bridgehead atoms. The summed E-state index contributed by atoms with van der Waals surface area (Å²) < 4.78 is 0. The molecule has 1 aliphatic carbocycles. The van der Waals surface area contributed by atoms with Crippen LogP contribution in [0.15, 0.2) is 30.3 Å². The van der Waals surface area contributed by atoms with Crippen LogP contribution in [0, 0.1) is 5.41 Å². The van der Waals surface area contributed by atoms with Crippen LogP contribution in [0.1, 0.15) is 44.6 Å². The van der Waals surface area contributed by atoms with Crippen molar-refractivity contribution in [2.45, 2.75) is 45.4 Å². The van der Waals surface area contributed by atoms with E-state index in [-0.39, 0.29) is 0 Å². The van der Waals surface area contributed by atoms with Crippen molar-refractivity contribution in [2.75, 3.05) is 13.1 Å². The zero-order chi connectivity index (χ0) is 12.0. The summed E-state index contributed by atoms with van der Waals surface area (Å²) in [6.45, 7) is 4.66. The Labute approximate surface area is 106 Å². The highest BCUT2D eigenvalue weighted by Gasteiger charge is 2.40. The molecule has 17 heavy (non-hydrogen) atoms. The lowest BCUT2D eigenvalue weighted by Crippen LogP contribution is -2.24. The third kappa shape index (κ3) is 4.16. The van der Waals surface area contributed by atoms with Gasteiger partial charge in [-0.3, -0.25) is 0 Å². The summed E-state index contributed by atoms with van der Waals surface area (Å²) >= 11 is 0. The molecule has 0 heterocycles. The van der Waals surface area contributed by atoms with Gasteiger partial charge in [0, 0.05) is 6.54 Å². The first kappa shape index (κ1) is 12.6. The monoisotopic (exact) mass is 231 g/mol. The Morgan fingerprint density at radius 2 is 1.94 bits per heavy atom. The third-order valence-electron chi connectivity index (χ3n) is 3.90. The minimum atomic E-state index is 0.671. The van der Waals surface area contributed by atoms with Gasteiger partial charge in [-0.25, -0.2) is 0 Å². The molecule has 0 amide bonds. The van der Waals surface area contributed by atoms with Crippen molar-refractivity contribution in [3.63, 3.8) is 0 Å². The van der Waals surface area contributed by atoms with Crippen LogP contribution in [0.3, 0.4) is 0 Å². The lowest BCUT2D eigenvalue weighted by atomic mass is 9.97. The van der Waals surface area contributed by atoms with Gasteiger partial charge < -0.3 is 5.32 Å². The predicted octanol–water partition coefficient (Wildman–Crippen LogP) is 3.79. The lowest BCUT2D eigenvalue weighted by Gasteiger charge is -2.15. The molecule has 0 unspecified atom stereocenters. The average Bonchev–Trinajstić information content (AvgIpc) is 3.11. The molecule has 1 aromatic rings. The Morgan fingerprint density at radius 3 is 2.59 bits per heavy atom. The summed E-state index contributed by atoms with van der Waals surface area (Å²) in [5.41, 5.74) is 2.16. The molecule has 0 atom stereocenters. The highest BCUT2D eigenvalue weighted by Crippen LogP contribution is 2.49. The summed E-state index contributed by atoms with van der Waals surface area (Å²) in [4.78, 5) is 0. The van der Waals surface area contributed by atoms with Crippen LogP contribution in [0.25, 0.3) is 0 Å². The fourth-order valence-corrected chi connectivity index (χ4v) is 2.53. The van der Waals surface area contributed by atoms with Crippen LogP contribution in [0.2, 0.25) is 0 Å². The van der Waals surface area contributed by atoms with E-state index in [2.05, 4.69) is 42.6 Å². The molecule has 94 valence electrons. The van der Waals surface area contributed by atoms with Gasteiger partial charge in [-0.05, 0) is 56.0 Å². The van der Waals surface area contributed by atoms with E-state index >= 15 is 0 Å². The molecule has 1 heteroatoms. The van der Waals surface area contributed by atoms with Crippen LogP contribution in [-0.4, -0.2) is 13.1 Å². The van der Waals surface area contributed by atoms with E-state index in [4.69, 9.17) is 0 Å². The molecule has 1 fully saturated rings. The van der Waals surface area contributed by atoms with Crippen LogP contribution in [0.5, 0.6) is 0 Å². The smallest absolute Gasteiger partial charge is 0.000781 e. The Bertz CT molecular complexity index is 314. The number of rotatable bonds is 8. The molecule has 2 rings (SSSR count). The van der Waals surface area contributed by atoms with E-state index in [0.29, 0.717) is 5.41 Å². The topological polar surface area (TPSA) is 12.0 Å². The second-order valence-electron chi connectivity index (χ2n) is 5.52. The quantitative estimate of drug-likeness (QED) is 0.671. The second-order valence-corrected chi connectivity index (χ2v) is 5.52. The second kappa shape index (κ2) is 6.20. The minimum Gasteiger partial charge on any atom is -0.316 e. The normalized spacial score (nSPS) is 17.0. The van der Waals surface area contributed by atoms with Crippen molar-refractivity contribution >= 4 is 0 Å². The van der Waals surface area contributed by atoms with Gasteiger partial charge in [0.15, 0.2) is 0 Å².